The van der Waals surface area contributed by atoms with Crippen LogP contribution in [0.3, 0.4) is 0 Å². The van der Waals surface area contributed by atoms with Crippen molar-refractivity contribution in [1.82, 2.24) is 0 Å². The smallest absolute Gasteiger partial charge is 0.342 e. The Bertz CT molecular complexity index is 1600. The molecule has 9 nitrogen and oxygen atoms in total. The van der Waals surface area contributed by atoms with Gasteiger partial charge < -0.3 is 15.6 Å². The average molecular weight is 467 g/mol. The number of benzene rings is 1. The highest BCUT2D eigenvalue weighted by Gasteiger charge is 2.37. The number of nitrogens with two attached hydrogens (primary N) is 1. The lowest BCUT2D eigenvalue weighted by atomic mass is 10.2. The van der Waals surface area contributed by atoms with Gasteiger partial charge in [-0.25, -0.2) is 4.79 Å². The number of hydrogen-bond donors (Lipinski definition) is 3. The van der Waals surface area contributed by atoms with Gasteiger partial charge in [0.15, 0.2) is 5.75 Å². The van der Waals surface area contributed by atoms with Crippen LogP contribution in [0.1, 0.15) is 6.92 Å². The minimum Gasteiger partial charge on any atom is -0.504 e. The molecular weight excluding hydrogens is 452 g/mol. The summed E-state index contributed by atoms with van der Waals surface area (Å²) in [4.78, 5) is 39.1. The van der Waals surface area contributed by atoms with E-state index in [0.29, 0.717) is 5.69 Å². The Morgan fingerprint density at radius 2 is 1.91 bits per heavy atom. The van der Waals surface area contributed by atoms with Crippen LogP contribution >= 0.6 is 22.7 Å². The lowest BCUT2D eigenvalue weighted by Crippen LogP contribution is -2.29. The number of fused-ring (bicyclic) bond motifs is 1. The number of aromatic hydroxyl groups is 1. The molecular formula is C21H14N4O5S2. The normalized spacial score (nSPS) is 13.7. The first-order valence-electron chi connectivity index (χ1n) is 9.20. The molecule has 1 amide bonds. The number of nitrogens with one attached hydrogen (secondary N) is 1. The molecule has 0 spiro atoms. The first kappa shape index (κ1) is 21.2. The van der Waals surface area contributed by atoms with Gasteiger partial charge in [-0.15, -0.1) is 22.7 Å². The summed E-state index contributed by atoms with van der Waals surface area (Å²) in [5.74, 6) is -2.48. The lowest BCUT2D eigenvalue weighted by molar-refractivity contribution is -0.135. The maximum Gasteiger partial charge on any atom is 0.342 e. The number of rotatable bonds is 4. The van der Waals surface area contributed by atoms with Gasteiger partial charge in [-0.1, -0.05) is 18.2 Å². The second kappa shape index (κ2) is 7.92. The van der Waals surface area contributed by atoms with Crippen LogP contribution in [-0.2, 0) is 14.3 Å². The number of amidine groups is 1. The molecule has 2 heterocycles. The number of anilines is 2. The van der Waals surface area contributed by atoms with Crippen LogP contribution in [0.15, 0.2) is 35.1 Å². The number of nitrogens with zero attached hydrogens (tertiary/aromatic N) is 2. The monoisotopic (exact) mass is 466 g/mol. The van der Waals surface area contributed by atoms with Crippen molar-refractivity contribution in [2.75, 3.05) is 11.5 Å². The third-order valence-electron chi connectivity index (χ3n) is 4.70. The average Bonchev–Trinajstić information content (AvgIpc) is 3.33. The molecule has 3 aliphatic rings. The summed E-state index contributed by atoms with van der Waals surface area (Å²) in [7, 11) is 0. The van der Waals surface area contributed by atoms with Crippen molar-refractivity contribution in [1.29, 1.82) is 10.7 Å². The van der Waals surface area contributed by atoms with Crippen LogP contribution in [0.2, 0.25) is 0 Å². The largest absolute Gasteiger partial charge is 0.504 e. The van der Waals surface area contributed by atoms with Crippen molar-refractivity contribution in [3.8, 4) is 11.8 Å². The molecule has 1 aromatic rings. The fourth-order valence-electron chi connectivity index (χ4n) is 3.38. The summed E-state index contributed by atoms with van der Waals surface area (Å²) >= 11 is 1.69. The third kappa shape index (κ3) is 3.05. The maximum atomic E-state index is 13.5. The van der Waals surface area contributed by atoms with Crippen molar-refractivity contribution in [3.05, 3.63) is 58.7 Å². The molecule has 4 rings (SSSR count). The molecule has 0 unspecified atom stereocenters. The number of esters is 1. The molecule has 4 N–H and O–H groups in total. The molecule has 0 aromatic heterocycles. The van der Waals surface area contributed by atoms with E-state index in [1.165, 1.54) is 4.90 Å². The molecule has 11 heteroatoms. The van der Waals surface area contributed by atoms with Crippen LogP contribution in [0.4, 0.5) is 11.4 Å². The number of ether oxygens (including phenoxy) is 1. The molecule has 0 atom stereocenters. The minimum absolute atomic E-state index is 0.0278. The Hall–Kier alpha value is -4.01. The van der Waals surface area contributed by atoms with E-state index in [1.54, 1.807) is 43.3 Å². The number of carbonyl (C=O) groups excluding carboxylic acids is 2. The zero-order chi connectivity index (χ0) is 23.2. The zero-order valence-electron chi connectivity index (χ0n) is 16.5. The second-order valence-electron chi connectivity index (χ2n) is 6.52. The zero-order valence-corrected chi connectivity index (χ0v) is 18.1. The van der Waals surface area contributed by atoms with Crippen molar-refractivity contribution >= 4 is 62.9 Å². The van der Waals surface area contributed by atoms with Crippen molar-refractivity contribution in [2.24, 2.45) is 5.73 Å². The Morgan fingerprint density at radius 3 is 2.50 bits per heavy atom. The molecule has 0 radical (unpaired) electrons. The van der Waals surface area contributed by atoms with Crippen molar-refractivity contribution in [2.45, 2.75) is 6.92 Å². The maximum absolute atomic E-state index is 13.5. The van der Waals surface area contributed by atoms with E-state index in [-0.39, 0.29) is 53.2 Å². The number of nitriles is 1. The van der Waals surface area contributed by atoms with E-state index >= 15 is 0 Å². The minimum atomic E-state index is -0.957. The van der Waals surface area contributed by atoms with E-state index in [9.17, 15) is 24.8 Å². The van der Waals surface area contributed by atoms with E-state index in [1.807, 2.05) is 0 Å². The predicted molar refractivity (Wildman–Crippen MR) is 119 cm³/mol. The highest BCUT2D eigenvalue weighted by atomic mass is 32.2. The highest BCUT2D eigenvalue weighted by Crippen LogP contribution is 2.37. The van der Waals surface area contributed by atoms with Gasteiger partial charge in [-0.2, -0.15) is 5.26 Å². The Labute approximate surface area is 187 Å². The number of primary amides is 1. The fourth-order valence-corrected chi connectivity index (χ4v) is 5.93. The molecule has 32 heavy (non-hydrogen) atoms. The van der Waals surface area contributed by atoms with Crippen molar-refractivity contribution in [3.63, 3.8) is 0 Å². The Morgan fingerprint density at radius 1 is 1.25 bits per heavy atom. The van der Waals surface area contributed by atoms with Gasteiger partial charge in [-0.3, -0.25) is 19.9 Å². The molecule has 0 saturated carbocycles. The number of amides is 1. The summed E-state index contributed by atoms with van der Waals surface area (Å²) in [5.41, 5.74) is 4.46. The first-order valence-corrected chi connectivity index (χ1v) is 10.8. The van der Waals surface area contributed by atoms with Crippen LogP contribution < -0.4 is 25.1 Å². The summed E-state index contributed by atoms with van der Waals surface area (Å²) < 4.78 is 5.40. The molecule has 160 valence electrons. The van der Waals surface area contributed by atoms with Gasteiger partial charge in [0.1, 0.15) is 32.6 Å². The van der Waals surface area contributed by atoms with Gasteiger partial charge in [0, 0.05) is 5.69 Å². The van der Waals surface area contributed by atoms with E-state index in [2.05, 4.69) is 0 Å². The summed E-state index contributed by atoms with van der Waals surface area (Å²) in [6.07, 6.45) is 0. The topological polar surface area (TPSA) is 158 Å². The van der Waals surface area contributed by atoms with Crippen molar-refractivity contribution < 1.29 is 19.4 Å². The number of para-hydroxylation sites is 1. The lowest BCUT2D eigenvalue weighted by Gasteiger charge is -2.21. The van der Waals surface area contributed by atoms with Crippen LogP contribution in [-0.4, -0.2) is 29.4 Å². The summed E-state index contributed by atoms with van der Waals surface area (Å²) in [6.45, 7) is 1.63. The highest BCUT2D eigenvalue weighted by molar-refractivity contribution is 7.25. The molecule has 0 fully saturated rings. The SMILES string of the molecule is CCOC(=O)C1=c2c(c(O)c3s/c(=C(/C#N)C(N)=O)sc=3c2=O)N(c2ccccc2)C1=N. The van der Waals surface area contributed by atoms with Crippen LogP contribution in [0, 0.1) is 25.8 Å². The van der Waals surface area contributed by atoms with E-state index < -0.39 is 17.3 Å². The van der Waals surface area contributed by atoms with E-state index in [0.717, 1.165) is 22.7 Å². The molecule has 0 bridgehead atoms. The fraction of sp³-hybridized carbons (Fsp3) is 0.0952. The van der Waals surface area contributed by atoms with Crippen LogP contribution in [0.5, 0.6) is 5.75 Å². The van der Waals surface area contributed by atoms with Gasteiger partial charge in [0.05, 0.1) is 20.9 Å². The Kier molecular flexibility index (Phi) is 5.25. The van der Waals surface area contributed by atoms with Crippen LogP contribution in [0.25, 0.3) is 11.1 Å². The molecule has 1 aliphatic carbocycles. The number of hydrogen-bond acceptors (Lipinski definition) is 9. The van der Waals surface area contributed by atoms with Gasteiger partial charge in [-0.05, 0) is 19.1 Å². The second-order valence-corrected chi connectivity index (χ2v) is 8.82. The third-order valence-corrected chi connectivity index (χ3v) is 7.30. The molecule has 1 aromatic carbocycles. The van der Waals surface area contributed by atoms with Gasteiger partial charge in [0.25, 0.3) is 5.91 Å². The predicted octanol–water partition coefficient (Wildman–Crippen LogP) is 0.603. The summed E-state index contributed by atoms with van der Waals surface area (Å²) in [6, 6.07) is 10.2. The standard InChI is InChI=1S/C21H14N4O5S2/c1-2-30-20(29)12-11-13(25(18(12)23)9-6-4-3-5-7-9)15(27)17-16(14(11)26)31-21(32-17)10(8-22)19(24)28/h3-7,23,27H,2H2,1H3,(H2,24,28)/b21-10-,23-18?. The Balaban J connectivity index is 2.21. The first-order chi connectivity index (χ1) is 15.3. The molecule has 2 aliphatic heterocycles. The molecule has 0 saturated heterocycles. The number of carbonyl (C=O) groups is 2. The van der Waals surface area contributed by atoms with Gasteiger partial charge >= 0.3 is 5.97 Å². The summed E-state index contributed by atoms with van der Waals surface area (Å²) in [5, 5.41) is 28.9. The quantitative estimate of drug-likeness (QED) is 0.475. The van der Waals surface area contributed by atoms with Gasteiger partial charge in [0.2, 0.25) is 5.43 Å². The van der Waals surface area contributed by atoms with E-state index in [4.69, 9.17) is 15.9 Å².